The molecule has 0 atom stereocenters. The molecule has 0 saturated carbocycles. The Kier molecular flexibility index (Phi) is 4.30. The molecule has 88 valence electrons. The average molecular weight is 235 g/mol. The third-order valence-corrected chi connectivity index (χ3v) is 3.92. The van der Waals surface area contributed by atoms with Crippen molar-refractivity contribution < 1.29 is 0 Å². The molecule has 1 aromatic carbocycles. The Balaban J connectivity index is 2.00. The van der Waals surface area contributed by atoms with Crippen molar-refractivity contribution in [2.24, 2.45) is 0 Å². The molecular weight excluding hydrogens is 214 g/mol. The summed E-state index contributed by atoms with van der Waals surface area (Å²) in [6, 6.07) is 7.06. The van der Waals surface area contributed by atoms with Crippen molar-refractivity contribution in [1.82, 2.24) is 4.90 Å². The zero-order valence-corrected chi connectivity index (χ0v) is 11.0. The molecule has 1 aliphatic carbocycles. The highest BCUT2D eigenvalue weighted by molar-refractivity contribution is 7.80. The Morgan fingerprint density at radius 1 is 1.19 bits per heavy atom. The molecule has 1 aliphatic rings. The summed E-state index contributed by atoms with van der Waals surface area (Å²) >= 11 is 4.27. The number of hydrogen-bond acceptors (Lipinski definition) is 2. The van der Waals surface area contributed by atoms with Gasteiger partial charge in [-0.05, 0) is 55.8 Å². The number of hydrogen-bond donors (Lipinski definition) is 1. The number of likely N-dealkylation sites (N-methyl/N-ethyl adjacent to an activating group) is 1. The molecule has 0 bridgehead atoms. The second-order valence-electron chi connectivity index (χ2n) is 4.78. The van der Waals surface area contributed by atoms with Gasteiger partial charge in [0.15, 0.2) is 0 Å². The van der Waals surface area contributed by atoms with E-state index in [1.165, 1.54) is 31.2 Å². The first-order valence-electron chi connectivity index (χ1n) is 6.19. The van der Waals surface area contributed by atoms with E-state index in [1.807, 2.05) is 0 Å². The third-order valence-electron chi connectivity index (χ3n) is 3.44. The van der Waals surface area contributed by atoms with Crippen LogP contribution in [0.2, 0.25) is 0 Å². The molecule has 2 heteroatoms. The van der Waals surface area contributed by atoms with Crippen LogP contribution in [0.4, 0.5) is 0 Å². The highest BCUT2D eigenvalue weighted by Gasteiger charge is 2.09. The van der Waals surface area contributed by atoms with Crippen molar-refractivity contribution in [1.29, 1.82) is 0 Å². The van der Waals surface area contributed by atoms with E-state index in [9.17, 15) is 0 Å². The van der Waals surface area contributed by atoms with Gasteiger partial charge in [-0.25, -0.2) is 0 Å². The summed E-state index contributed by atoms with van der Waals surface area (Å²) in [4.78, 5) is 2.24. The van der Waals surface area contributed by atoms with Crippen LogP contribution in [0.25, 0.3) is 0 Å². The Hall–Kier alpha value is -0.470. The average Bonchev–Trinajstić information content (AvgIpc) is 2.35. The van der Waals surface area contributed by atoms with Gasteiger partial charge >= 0.3 is 0 Å². The normalized spacial score (nSPS) is 15.2. The molecule has 0 aliphatic heterocycles. The zero-order chi connectivity index (χ0) is 11.4. The molecule has 0 unspecified atom stereocenters. The second kappa shape index (κ2) is 5.74. The summed E-state index contributed by atoms with van der Waals surface area (Å²) in [7, 11) is 2.12. The van der Waals surface area contributed by atoms with Gasteiger partial charge in [0, 0.05) is 12.4 Å². The maximum Gasteiger partial charge on any atom is 0.0411 e. The molecule has 0 spiro atoms. The first-order chi connectivity index (χ1) is 7.79. The van der Waals surface area contributed by atoms with Crippen molar-refractivity contribution in [2.45, 2.75) is 32.1 Å². The lowest BCUT2D eigenvalue weighted by Crippen LogP contribution is -2.19. The molecule has 0 heterocycles. The molecule has 0 fully saturated rings. The van der Waals surface area contributed by atoms with Gasteiger partial charge in [0.2, 0.25) is 0 Å². The smallest absolute Gasteiger partial charge is 0.0411 e. The standard InChI is InChI=1S/C14H21NS/c1-15(11-16)9-8-12-6-7-13-4-2-3-5-14(13)10-12/h6-7,10,16H,2-5,8-9,11H2,1H3. The fourth-order valence-corrected chi connectivity index (χ4v) is 2.47. The second-order valence-corrected chi connectivity index (χ2v) is 5.06. The highest BCUT2D eigenvalue weighted by atomic mass is 32.1. The van der Waals surface area contributed by atoms with Gasteiger partial charge in [0.1, 0.15) is 0 Å². The maximum absolute atomic E-state index is 4.27. The Morgan fingerprint density at radius 2 is 1.94 bits per heavy atom. The Bertz CT molecular complexity index is 349. The minimum atomic E-state index is 0.838. The van der Waals surface area contributed by atoms with Crippen LogP contribution in [0.3, 0.4) is 0 Å². The lowest BCUT2D eigenvalue weighted by Gasteiger charge is -2.18. The third kappa shape index (κ3) is 3.02. The highest BCUT2D eigenvalue weighted by Crippen LogP contribution is 2.22. The van der Waals surface area contributed by atoms with Crippen molar-refractivity contribution in [3.8, 4) is 0 Å². The van der Waals surface area contributed by atoms with Gasteiger partial charge in [-0.3, -0.25) is 4.90 Å². The van der Waals surface area contributed by atoms with Crippen molar-refractivity contribution in [3.05, 3.63) is 34.9 Å². The van der Waals surface area contributed by atoms with Crippen molar-refractivity contribution in [2.75, 3.05) is 19.5 Å². The summed E-state index contributed by atoms with van der Waals surface area (Å²) in [5.74, 6) is 0.838. The van der Waals surface area contributed by atoms with Crippen molar-refractivity contribution >= 4 is 12.6 Å². The van der Waals surface area contributed by atoms with E-state index < -0.39 is 0 Å². The van der Waals surface area contributed by atoms with E-state index in [-0.39, 0.29) is 0 Å². The van der Waals surface area contributed by atoms with E-state index in [4.69, 9.17) is 0 Å². The van der Waals surface area contributed by atoms with E-state index in [1.54, 1.807) is 11.1 Å². The number of benzene rings is 1. The molecule has 0 radical (unpaired) electrons. The first-order valence-corrected chi connectivity index (χ1v) is 6.83. The lowest BCUT2D eigenvalue weighted by atomic mass is 9.90. The maximum atomic E-state index is 4.27. The van der Waals surface area contributed by atoms with Crippen LogP contribution < -0.4 is 0 Å². The Labute approximate surface area is 104 Å². The predicted octanol–water partition coefficient (Wildman–Crippen LogP) is 2.93. The number of fused-ring (bicyclic) bond motifs is 1. The molecule has 2 rings (SSSR count). The molecule has 0 amide bonds. The van der Waals surface area contributed by atoms with Gasteiger partial charge in [0.05, 0.1) is 0 Å². The van der Waals surface area contributed by atoms with Crippen LogP contribution in [0.1, 0.15) is 29.5 Å². The first kappa shape index (κ1) is 12.0. The summed E-state index contributed by atoms with van der Waals surface area (Å²) in [5.41, 5.74) is 4.66. The molecular formula is C14H21NS. The topological polar surface area (TPSA) is 3.24 Å². The molecule has 0 N–H and O–H groups in total. The fourth-order valence-electron chi connectivity index (χ4n) is 2.33. The predicted molar refractivity (Wildman–Crippen MR) is 73.3 cm³/mol. The summed E-state index contributed by atoms with van der Waals surface area (Å²) in [6.45, 7) is 1.10. The van der Waals surface area contributed by atoms with Crippen LogP contribution in [0, 0.1) is 0 Å². The quantitative estimate of drug-likeness (QED) is 0.620. The largest absolute Gasteiger partial charge is 0.297 e. The van der Waals surface area contributed by atoms with Crippen LogP contribution in [0.15, 0.2) is 18.2 Å². The van der Waals surface area contributed by atoms with Crippen molar-refractivity contribution in [3.63, 3.8) is 0 Å². The fraction of sp³-hybridized carbons (Fsp3) is 0.571. The van der Waals surface area contributed by atoms with E-state index in [0.29, 0.717) is 0 Å². The minimum Gasteiger partial charge on any atom is -0.297 e. The van der Waals surface area contributed by atoms with Gasteiger partial charge < -0.3 is 0 Å². The number of thiol groups is 1. The number of aryl methyl sites for hydroxylation is 2. The van der Waals surface area contributed by atoms with Crippen LogP contribution >= 0.6 is 12.6 Å². The molecule has 1 aromatic rings. The molecule has 0 aromatic heterocycles. The molecule has 0 saturated heterocycles. The zero-order valence-electron chi connectivity index (χ0n) is 10.1. The number of rotatable bonds is 4. The summed E-state index contributed by atoms with van der Waals surface area (Å²) in [6.07, 6.45) is 6.45. The van der Waals surface area contributed by atoms with Crippen LogP contribution in [-0.2, 0) is 19.3 Å². The molecule has 1 nitrogen and oxygen atoms in total. The SMILES string of the molecule is CN(CS)CCc1ccc2c(c1)CCCC2. The van der Waals surface area contributed by atoms with Crippen LogP contribution in [-0.4, -0.2) is 24.4 Å². The van der Waals surface area contributed by atoms with E-state index in [2.05, 4.69) is 42.8 Å². The number of nitrogens with zero attached hydrogens (tertiary/aromatic N) is 1. The van der Waals surface area contributed by atoms with Gasteiger partial charge in [-0.2, -0.15) is 12.6 Å². The monoisotopic (exact) mass is 235 g/mol. The summed E-state index contributed by atoms with van der Waals surface area (Å²) < 4.78 is 0. The minimum absolute atomic E-state index is 0.838. The van der Waals surface area contributed by atoms with Gasteiger partial charge in [-0.1, -0.05) is 18.2 Å². The van der Waals surface area contributed by atoms with Crippen LogP contribution in [0.5, 0.6) is 0 Å². The Morgan fingerprint density at radius 3 is 2.69 bits per heavy atom. The van der Waals surface area contributed by atoms with E-state index >= 15 is 0 Å². The molecule has 16 heavy (non-hydrogen) atoms. The van der Waals surface area contributed by atoms with Gasteiger partial charge in [0.25, 0.3) is 0 Å². The summed E-state index contributed by atoms with van der Waals surface area (Å²) in [5, 5.41) is 0. The van der Waals surface area contributed by atoms with Gasteiger partial charge in [-0.15, -0.1) is 0 Å². The lowest BCUT2D eigenvalue weighted by molar-refractivity contribution is 0.399. The van der Waals surface area contributed by atoms with E-state index in [0.717, 1.165) is 18.8 Å².